The lowest BCUT2D eigenvalue weighted by atomic mass is 9.97. The first-order chi connectivity index (χ1) is 19.8. The number of aliphatic hydroxyl groups is 1. The normalized spacial score (nSPS) is 14.9. The minimum atomic E-state index is -3.84. The van der Waals surface area contributed by atoms with Crippen LogP contribution in [0.3, 0.4) is 0 Å². The first kappa shape index (κ1) is 30.6. The van der Waals surface area contributed by atoms with Crippen molar-refractivity contribution in [2.75, 3.05) is 32.6 Å². The van der Waals surface area contributed by atoms with Crippen molar-refractivity contribution in [3.63, 3.8) is 0 Å². The van der Waals surface area contributed by atoms with Crippen LogP contribution in [0.1, 0.15) is 59.7 Å². The van der Waals surface area contributed by atoms with Gasteiger partial charge >= 0.3 is 0 Å². The second-order valence-corrected chi connectivity index (χ2v) is 12.1. The van der Waals surface area contributed by atoms with Gasteiger partial charge in [0.05, 0.1) is 30.1 Å². The number of hydrogen-bond acceptors (Lipinski definition) is 8. The van der Waals surface area contributed by atoms with Crippen molar-refractivity contribution in [1.82, 2.24) is 15.0 Å². The molecule has 0 saturated heterocycles. The number of ether oxygens (including phenoxy) is 2. The summed E-state index contributed by atoms with van der Waals surface area (Å²) in [6.45, 7) is 1.15. The van der Waals surface area contributed by atoms with Crippen LogP contribution < -0.4 is 14.8 Å². The zero-order valence-corrected chi connectivity index (χ0v) is 24.2. The van der Waals surface area contributed by atoms with Crippen LogP contribution in [0.15, 0.2) is 67.0 Å². The van der Waals surface area contributed by atoms with Crippen LogP contribution in [0.2, 0.25) is 0 Å². The van der Waals surface area contributed by atoms with Crippen LogP contribution in [-0.4, -0.2) is 63.1 Å². The molecule has 1 heterocycles. The standard InChI is InChI=1S/C31H39N3O6S/c1-39-18-19-41(37,38)34-31(36)28-14-13-25(20-30(28)40-27-7-3-2-4-8-27)24-11-9-23(10-12-24)15-17-33-22-29(35)26-6-5-16-32-21-26/h5-6,9-14,16,20-21,27,29,33,35H,2-4,7-8,15,17-19,22H2,1H3,(H,34,36)/t29-/m0/s1. The topological polar surface area (TPSA) is 127 Å². The maximum absolute atomic E-state index is 13.0. The van der Waals surface area contributed by atoms with Crippen LogP contribution in [0.25, 0.3) is 11.1 Å². The third-order valence-electron chi connectivity index (χ3n) is 7.16. The second kappa shape index (κ2) is 15.1. The Labute approximate surface area is 242 Å². The summed E-state index contributed by atoms with van der Waals surface area (Å²) in [7, 11) is -2.43. The Morgan fingerprint density at radius 3 is 2.54 bits per heavy atom. The maximum atomic E-state index is 13.0. The molecular formula is C31H39N3O6S. The molecule has 1 amide bonds. The molecule has 0 aliphatic heterocycles. The number of sulfonamides is 1. The zero-order chi connectivity index (χ0) is 29.1. The van der Waals surface area contributed by atoms with Gasteiger partial charge in [0.1, 0.15) is 5.75 Å². The van der Waals surface area contributed by atoms with Crippen LogP contribution in [0.4, 0.5) is 0 Å². The highest BCUT2D eigenvalue weighted by atomic mass is 32.2. The minimum Gasteiger partial charge on any atom is -0.490 e. The zero-order valence-electron chi connectivity index (χ0n) is 23.4. The summed E-state index contributed by atoms with van der Waals surface area (Å²) in [5.41, 5.74) is 3.96. The molecule has 1 saturated carbocycles. The molecule has 3 aromatic rings. The van der Waals surface area contributed by atoms with Gasteiger partial charge in [0.2, 0.25) is 10.0 Å². The molecule has 0 spiro atoms. The van der Waals surface area contributed by atoms with E-state index in [2.05, 4.69) is 27.2 Å². The molecule has 1 fully saturated rings. The number of hydrogen-bond donors (Lipinski definition) is 3. The van der Waals surface area contributed by atoms with Crippen molar-refractivity contribution in [3.8, 4) is 16.9 Å². The highest BCUT2D eigenvalue weighted by Gasteiger charge is 2.23. The molecule has 0 radical (unpaired) electrons. The number of carbonyl (C=O) groups excluding carboxylic acids is 1. The van der Waals surface area contributed by atoms with Gasteiger partial charge in [-0.2, -0.15) is 0 Å². The molecule has 1 aliphatic rings. The lowest BCUT2D eigenvalue weighted by molar-refractivity contribution is 0.0969. The monoisotopic (exact) mass is 581 g/mol. The highest BCUT2D eigenvalue weighted by Crippen LogP contribution is 2.31. The molecule has 3 N–H and O–H groups in total. The number of aromatic nitrogens is 1. The summed E-state index contributed by atoms with van der Waals surface area (Å²) in [6, 6.07) is 17.1. The van der Waals surface area contributed by atoms with Gasteiger partial charge in [-0.3, -0.25) is 9.78 Å². The largest absolute Gasteiger partial charge is 0.490 e. The SMILES string of the molecule is COCCS(=O)(=O)NC(=O)c1ccc(-c2ccc(CCNC[C@H](O)c3cccnc3)cc2)cc1OC1CCCCC1. The van der Waals surface area contributed by atoms with Crippen molar-refractivity contribution in [2.24, 2.45) is 0 Å². The van der Waals surface area contributed by atoms with E-state index >= 15 is 0 Å². The predicted octanol–water partition coefficient (Wildman–Crippen LogP) is 4.03. The van der Waals surface area contributed by atoms with Crippen LogP contribution in [0.5, 0.6) is 5.75 Å². The number of carbonyl (C=O) groups is 1. The summed E-state index contributed by atoms with van der Waals surface area (Å²) in [6.07, 6.45) is 8.63. The van der Waals surface area contributed by atoms with Gasteiger partial charge in [0.25, 0.3) is 5.91 Å². The first-order valence-corrected chi connectivity index (χ1v) is 15.7. The highest BCUT2D eigenvalue weighted by molar-refractivity contribution is 7.90. The van der Waals surface area contributed by atoms with Gasteiger partial charge in [-0.1, -0.05) is 42.8 Å². The predicted molar refractivity (Wildman–Crippen MR) is 158 cm³/mol. The second-order valence-electron chi connectivity index (χ2n) is 10.3. The molecule has 10 heteroatoms. The van der Waals surface area contributed by atoms with E-state index in [-0.39, 0.29) is 24.0 Å². The molecule has 220 valence electrons. The van der Waals surface area contributed by atoms with Crippen LogP contribution in [-0.2, 0) is 21.2 Å². The average Bonchev–Trinajstić information content (AvgIpc) is 2.99. The van der Waals surface area contributed by atoms with E-state index in [0.29, 0.717) is 18.8 Å². The number of rotatable bonds is 14. The van der Waals surface area contributed by atoms with E-state index in [1.54, 1.807) is 24.5 Å². The molecule has 2 aromatic carbocycles. The molecule has 0 unspecified atom stereocenters. The van der Waals surface area contributed by atoms with Gasteiger partial charge in [-0.05, 0) is 73.5 Å². The molecule has 9 nitrogen and oxygen atoms in total. The third-order valence-corrected chi connectivity index (χ3v) is 8.36. The Hall–Kier alpha value is -3.31. The Morgan fingerprint density at radius 1 is 1.07 bits per heavy atom. The van der Waals surface area contributed by atoms with Crippen molar-refractivity contribution in [3.05, 3.63) is 83.7 Å². The molecule has 1 atom stereocenters. The molecule has 41 heavy (non-hydrogen) atoms. The summed E-state index contributed by atoms with van der Waals surface area (Å²) in [5, 5.41) is 13.6. The number of nitrogens with zero attached hydrogens (tertiary/aromatic N) is 1. The number of benzene rings is 2. The van der Waals surface area contributed by atoms with E-state index in [4.69, 9.17) is 9.47 Å². The van der Waals surface area contributed by atoms with Crippen LogP contribution in [0, 0.1) is 0 Å². The third kappa shape index (κ3) is 9.36. The summed E-state index contributed by atoms with van der Waals surface area (Å²) < 4.78 is 37.9. The Balaban J connectivity index is 1.42. The number of methoxy groups -OCH3 is 1. The van der Waals surface area contributed by atoms with E-state index in [9.17, 15) is 18.3 Å². The number of amides is 1. The molecule has 0 bridgehead atoms. The fourth-order valence-electron chi connectivity index (χ4n) is 4.82. The van der Waals surface area contributed by atoms with Crippen molar-refractivity contribution < 1.29 is 27.8 Å². The van der Waals surface area contributed by atoms with Gasteiger partial charge in [0.15, 0.2) is 0 Å². The summed E-state index contributed by atoms with van der Waals surface area (Å²) >= 11 is 0. The van der Waals surface area contributed by atoms with Crippen molar-refractivity contribution >= 4 is 15.9 Å². The van der Waals surface area contributed by atoms with E-state index in [0.717, 1.165) is 60.8 Å². The fraction of sp³-hybridized carbons (Fsp3) is 0.419. The average molecular weight is 582 g/mol. The number of nitrogens with one attached hydrogen (secondary N) is 2. The van der Waals surface area contributed by atoms with Gasteiger partial charge < -0.3 is 19.9 Å². The Bertz CT molecular complexity index is 1360. The first-order valence-electron chi connectivity index (χ1n) is 14.1. The quantitative estimate of drug-likeness (QED) is 0.244. The van der Waals surface area contributed by atoms with E-state index in [1.807, 2.05) is 30.3 Å². The summed E-state index contributed by atoms with van der Waals surface area (Å²) in [4.78, 5) is 17.0. The van der Waals surface area contributed by atoms with Gasteiger partial charge in [-0.15, -0.1) is 0 Å². The Morgan fingerprint density at radius 2 is 1.83 bits per heavy atom. The van der Waals surface area contributed by atoms with Crippen molar-refractivity contribution in [1.29, 1.82) is 0 Å². The van der Waals surface area contributed by atoms with E-state index in [1.165, 1.54) is 7.11 Å². The number of pyridine rings is 1. The fourth-order valence-corrected chi connectivity index (χ4v) is 5.70. The molecule has 4 rings (SSSR count). The maximum Gasteiger partial charge on any atom is 0.268 e. The Kier molecular flexibility index (Phi) is 11.3. The molecule has 1 aromatic heterocycles. The van der Waals surface area contributed by atoms with Gasteiger partial charge in [-0.25, -0.2) is 13.1 Å². The lowest BCUT2D eigenvalue weighted by Crippen LogP contribution is -2.34. The minimum absolute atomic E-state index is 0.00754. The molecule has 1 aliphatic carbocycles. The van der Waals surface area contributed by atoms with Gasteiger partial charge in [0, 0.05) is 31.6 Å². The lowest BCUT2D eigenvalue weighted by Gasteiger charge is -2.24. The number of aliphatic hydroxyl groups excluding tert-OH is 1. The van der Waals surface area contributed by atoms with Crippen LogP contribution >= 0.6 is 0 Å². The molecular weight excluding hydrogens is 542 g/mol. The smallest absolute Gasteiger partial charge is 0.268 e. The summed E-state index contributed by atoms with van der Waals surface area (Å²) in [5.74, 6) is -0.636. The van der Waals surface area contributed by atoms with E-state index < -0.39 is 22.0 Å². The van der Waals surface area contributed by atoms with Crippen molar-refractivity contribution in [2.45, 2.75) is 50.7 Å².